The molecule has 3 rings (SSSR count). The highest BCUT2D eigenvalue weighted by Crippen LogP contribution is 2.29. The molecule has 0 saturated carbocycles. The maximum absolute atomic E-state index is 12.8. The molecule has 0 atom stereocenters. The van der Waals surface area contributed by atoms with E-state index in [4.69, 9.17) is 0 Å². The molecule has 1 aliphatic rings. The zero-order valence-corrected chi connectivity index (χ0v) is 17.2. The van der Waals surface area contributed by atoms with Crippen LogP contribution in [0, 0.1) is 5.92 Å². The van der Waals surface area contributed by atoms with Gasteiger partial charge in [-0.3, -0.25) is 9.59 Å². The normalized spacial score (nSPS) is 15.1. The second-order valence-corrected chi connectivity index (χ2v) is 7.88. The third-order valence-electron chi connectivity index (χ3n) is 5.12. The van der Waals surface area contributed by atoms with Gasteiger partial charge in [-0.05, 0) is 61.4 Å². The minimum absolute atomic E-state index is 0.0420. The van der Waals surface area contributed by atoms with Gasteiger partial charge in [0.05, 0.1) is 11.1 Å². The van der Waals surface area contributed by atoms with Crippen molar-refractivity contribution in [1.82, 2.24) is 15.2 Å². The molecule has 5 nitrogen and oxygen atoms in total. The molecule has 0 aliphatic carbocycles. The highest BCUT2D eigenvalue weighted by Gasteiger charge is 2.30. The van der Waals surface area contributed by atoms with Crippen molar-refractivity contribution in [1.29, 1.82) is 0 Å². The molecule has 0 radical (unpaired) electrons. The van der Waals surface area contributed by atoms with E-state index in [1.165, 1.54) is 23.9 Å². The number of aromatic nitrogens is 1. The zero-order chi connectivity index (χ0) is 21.7. The zero-order valence-electron chi connectivity index (χ0n) is 16.4. The number of thioether (sulfide) groups is 1. The Balaban J connectivity index is 1.49. The number of hydrogen-bond donors (Lipinski definition) is 1. The van der Waals surface area contributed by atoms with Gasteiger partial charge < -0.3 is 10.2 Å². The number of halogens is 3. The van der Waals surface area contributed by atoms with Crippen LogP contribution in [0.4, 0.5) is 13.2 Å². The Morgan fingerprint density at radius 2 is 1.83 bits per heavy atom. The molecule has 0 unspecified atom stereocenters. The number of amides is 2. The second-order valence-electron chi connectivity index (χ2n) is 7.08. The topological polar surface area (TPSA) is 62.3 Å². The summed E-state index contributed by atoms with van der Waals surface area (Å²) in [5.74, 6) is -0.233. The lowest BCUT2D eigenvalue weighted by atomic mass is 9.96. The number of likely N-dealkylation sites (tertiary alicyclic amines) is 1. The van der Waals surface area contributed by atoms with E-state index in [0.29, 0.717) is 30.2 Å². The molecule has 1 saturated heterocycles. The summed E-state index contributed by atoms with van der Waals surface area (Å²) in [5, 5.41) is 3.49. The second kappa shape index (κ2) is 9.51. The molecule has 9 heteroatoms. The molecule has 2 aromatic rings. The molecule has 160 valence electrons. The van der Waals surface area contributed by atoms with Crippen LogP contribution < -0.4 is 5.32 Å². The summed E-state index contributed by atoms with van der Waals surface area (Å²) in [5.41, 5.74) is 0.00479. The predicted octanol–water partition coefficient (Wildman–Crippen LogP) is 4.10. The first-order valence-corrected chi connectivity index (χ1v) is 10.8. The van der Waals surface area contributed by atoms with Crippen LogP contribution in [0.1, 0.15) is 39.1 Å². The molecule has 30 heavy (non-hydrogen) atoms. The highest BCUT2D eigenvalue weighted by atomic mass is 32.2. The van der Waals surface area contributed by atoms with Crippen LogP contribution >= 0.6 is 11.8 Å². The number of carbonyl (C=O) groups is 2. The molecule has 1 aromatic carbocycles. The minimum atomic E-state index is -4.42. The van der Waals surface area contributed by atoms with E-state index < -0.39 is 17.6 Å². The molecule has 1 aromatic heterocycles. The van der Waals surface area contributed by atoms with Gasteiger partial charge in [0.15, 0.2) is 0 Å². The molecule has 2 heterocycles. The Hall–Kier alpha value is -2.55. The van der Waals surface area contributed by atoms with E-state index >= 15 is 0 Å². The average molecular weight is 437 g/mol. The number of hydrogen-bond acceptors (Lipinski definition) is 4. The Morgan fingerprint density at radius 3 is 2.43 bits per heavy atom. The number of alkyl halides is 3. The largest absolute Gasteiger partial charge is 0.416 e. The molecule has 0 bridgehead atoms. The number of piperidine rings is 1. The molecule has 2 amide bonds. The number of pyridine rings is 1. The summed E-state index contributed by atoms with van der Waals surface area (Å²) < 4.78 is 37.9. The lowest BCUT2D eigenvalue weighted by Crippen LogP contribution is -2.41. The molecule has 1 aliphatic heterocycles. The Labute approximate surface area is 177 Å². The highest BCUT2D eigenvalue weighted by molar-refractivity contribution is 7.98. The van der Waals surface area contributed by atoms with Gasteiger partial charge >= 0.3 is 6.18 Å². The summed E-state index contributed by atoms with van der Waals surface area (Å²) in [7, 11) is 0. The Kier molecular flexibility index (Phi) is 7.02. The van der Waals surface area contributed by atoms with Crippen molar-refractivity contribution in [2.24, 2.45) is 5.92 Å². The number of benzene rings is 1. The van der Waals surface area contributed by atoms with Crippen molar-refractivity contribution in [2.45, 2.75) is 24.0 Å². The average Bonchev–Trinajstić information content (AvgIpc) is 2.76. The first kappa shape index (κ1) is 22.1. The van der Waals surface area contributed by atoms with Gasteiger partial charge in [-0.15, -0.1) is 11.8 Å². The van der Waals surface area contributed by atoms with Crippen LogP contribution in [0.25, 0.3) is 0 Å². The van der Waals surface area contributed by atoms with Crippen LogP contribution in [-0.4, -0.2) is 47.6 Å². The van der Waals surface area contributed by atoms with Crippen LogP contribution in [-0.2, 0) is 6.18 Å². The van der Waals surface area contributed by atoms with Crippen LogP contribution in [0.15, 0.2) is 47.6 Å². The van der Waals surface area contributed by atoms with E-state index in [0.717, 1.165) is 25.0 Å². The van der Waals surface area contributed by atoms with Crippen LogP contribution in [0.5, 0.6) is 0 Å². The van der Waals surface area contributed by atoms with E-state index in [2.05, 4.69) is 10.3 Å². The van der Waals surface area contributed by atoms with Crippen molar-refractivity contribution >= 4 is 23.6 Å². The minimum Gasteiger partial charge on any atom is -0.352 e. The fourth-order valence-electron chi connectivity index (χ4n) is 3.38. The third kappa shape index (κ3) is 5.33. The lowest BCUT2D eigenvalue weighted by Gasteiger charge is -2.32. The van der Waals surface area contributed by atoms with Crippen molar-refractivity contribution in [3.05, 3.63) is 59.3 Å². The third-order valence-corrected chi connectivity index (χ3v) is 5.83. The summed E-state index contributed by atoms with van der Waals surface area (Å²) in [6.07, 6.45) is 0.605. The lowest BCUT2D eigenvalue weighted by molar-refractivity contribution is -0.137. The Bertz CT molecular complexity index is 895. The van der Waals surface area contributed by atoms with Gasteiger partial charge in [0.25, 0.3) is 11.8 Å². The van der Waals surface area contributed by atoms with Crippen molar-refractivity contribution in [3.8, 4) is 0 Å². The summed E-state index contributed by atoms with van der Waals surface area (Å²) in [4.78, 5) is 31.0. The van der Waals surface area contributed by atoms with Crippen molar-refractivity contribution in [2.75, 3.05) is 25.9 Å². The number of carbonyl (C=O) groups excluding carboxylic acids is 2. The monoisotopic (exact) mass is 437 g/mol. The Morgan fingerprint density at radius 1 is 1.17 bits per heavy atom. The maximum atomic E-state index is 12.8. The summed E-state index contributed by atoms with van der Waals surface area (Å²) in [6, 6.07) is 7.68. The molecule has 1 N–H and O–H groups in total. The van der Waals surface area contributed by atoms with Gasteiger partial charge in [-0.25, -0.2) is 4.98 Å². The first-order chi connectivity index (χ1) is 14.3. The first-order valence-electron chi connectivity index (χ1n) is 9.53. The van der Waals surface area contributed by atoms with Gasteiger partial charge in [-0.1, -0.05) is 0 Å². The number of nitrogens with one attached hydrogen (secondary N) is 1. The van der Waals surface area contributed by atoms with Crippen LogP contribution in [0.3, 0.4) is 0 Å². The van der Waals surface area contributed by atoms with E-state index in [-0.39, 0.29) is 17.4 Å². The quantitative estimate of drug-likeness (QED) is 0.716. The number of rotatable bonds is 5. The number of nitrogens with zero attached hydrogens (tertiary/aromatic N) is 2. The van der Waals surface area contributed by atoms with E-state index in [9.17, 15) is 22.8 Å². The fourth-order valence-corrected chi connectivity index (χ4v) is 3.92. The van der Waals surface area contributed by atoms with Gasteiger partial charge in [-0.2, -0.15) is 13.2 Å². The molecule has 0 spiro atoms. The molecule has 1 fully saturated rings. The summed E-state index contributed by atoms with van der Waals surface area (Å²) >= 11 is 1.43. The van der Waals surface area contributed by atoms with E-state index in [1.54, 1.807) is 23.2 Å². The smallest absolute Gasteiger partial charge is 0.352 e. The SMILES string of the molecule is CSc1ncccc1C(=O)N1CCC(CNC(=O)c2ccc(C(F)(F)F)cc2)CC1. The summed E-state index contributed by atoms with van der Waals surface area (Å²) in [6.45, 7) is 1.59. The maximum Gasteiger partial charge on any atom is 0.416 e. The van der Waals surface area contributed by atoms with Crippen LogP contribution in [0.2, 0.25) is 0 Å². The molecular weight excluding hydrogens is 415 g/mol. The van der Waals surface area contributed by atoms with Crippen molar-refractivity contribution < 1.29 is 22.8 Å². The molecular formula is C21H22F3N3O2S. The van der Waals surface area contributed by atoms with E-state index in [1.807, 2.05) is 6.26 Å². The van der Waals surface area contributed by atoms with Gasteiger partial charge in [0, 0.05) is 31.4 Å². The fraction of sp³-hybridized carbons (Fsp3) is 0.381. The standard InChI is InChI=1S/C21H22F3N3O2S/c1-30-19-17(3-2-10-25-19)20(29)27-11-8-14(9-12-27)13-26-18(28)15-4-6-16(7-5-15)21(22,23)24/h2-7,10,14H,8-9,11-13H2,1H3,(H,26,28). The van der Waals surface area contributed by atoms with Gasteiger partial charge in [0.2, 0.25) is 0 Å². The predicted molar refractivity (Wildman–Crippen MR) is 108 cm³/mol. The van der Waals surface area contributed by atoms with Gasteiger partial charge in [0.1, 0.15) is 5.03 Å². The van der Waals surface area contributed by atoms with Crippen molar-refractivity contribution in [3.63, 3.8) is 0 Å².